The lowest BCUT2D eigenvalue weighted by Gasteiger charge is -2.36. The Kier molecular flexibility index (Phi) is 4.40. The molecule has 0 amide bonds. The zero-order chi connectivity index (χ0) is 12.2. The molecule has 0 saturated heterocycles. The van der Waals surface area contributed by atoms with E-state index in [0.29, 0.717) is 0 Å². The molecule has 0 atom stereocenters. The van der Waals surface area contributed by atoms with Gasteiger partial charge in [0, 0.05) is 0 Å². The summed E-state index contributed by atoms with van der Waals surface area (Å²) in [5.74, 6) is -0.0150. The number of carbonyl (C=O) groups excluding carboxylic acids is 1. The van der Waals surface area contributed by atoms with Crippen LogP contribution in [-0.2, 0) is 9.53 Å². The van der Waals surface area contributed by atoms with Crippen LogP contribution in [0.4, 0.5) is 0 Å². The molecule has 0 aromatic rings. The summed E-state index contributed by atoms with van der Waals surface area (Å²) in [4.78, 5) is 12.1. The second-order valence-corrected chi connectivity index (χ2v) is 6.03. The maximum atomic E-state index is 12.1. The summed E-state index contributed by atoms with van der Waals surface area (Å²) in [5, 5.41) is 0. The molecule has 1 fully saturated rings. The van der Waals surface area contributed by atoms with Crippen molar-refractivity contribution in [2.75, 3.05) is 0 Å². The van der Waals surface area contributed by atoms with Gasteiger partial charge >= 0.3 is 5.97 Å². The Labute approximate surface area is 99.8 Å². The van der Waals surface area contributed by atoms with Gasteiger partial charge in [0.1, 0.15) is 5.60 Å². The van der Waals surface area contributed by atoms with Crippen molar-refractivity contribution in [2.24, 2.45) is 5.41 Å². The molecular weight excluding hydrogens is 200 g/mol. The summed E-state index contributed by atoms with van der Waals surface area (Å²) in [7, 11) is 0. The number of ether oxygens (including phenoxy) is 1. The van der Waals surface area contributed by atoms with Crippen LogP contribution in [0.25, 0.3) is 0 Å². The van der Waals surface area contributed by atoms with Gasteiger partial charge in [0.2, 0.25) is 0 Å². The first-order valence-corrected chi connectivity index (χ1v) is 6.63. The minimum atomic E-state index is -0.324. The molecule has 1 aliphatic rings. The van der Waals surface area contributed by atoms with E-state index in [4.69, 9.17) is 4.74 Å². The quantitative estimate of drug-likeness (QED) is 0.675. The number of hydrogen-bond acceptors (Lipinski definition) is 2. The first-order chi connectivity index (χ1) is 7.40. The van der Waals surface area contributed by atoms with Crippen molar-refractivity contribution in [2.45, 2.75) is 78.2 Å². The lowest BCUT2D eigenvalue weighted by Crippen LogP contribution is -2.39. The van der Waals surface area contributed by atoms with Gasteiger partial charge in [-0.25, -0.2) is 0 Å². The lowest BCUT2D eigenvalue weighted by molar-refractivity contribution is -0.172. The molecule has 0 aromatic heterocycles. The zero-order valence-electron chi connectivity index (χ0n) is 11.3. The molecule has 0 bridgehead atoms. The molecule has 16 heavy (non-hydrogen) atoms. The summed E-state index contributed by atoms with van der Waals surface area (Å²) in [6.07, 6.45) is 7.66. The standard InChI is InChI=1S/C14H26O2/c1-5-9-13(2,3)12(15)16-14(4)10-7-6-8-11-14/h5-11H2,1-4H3. The van der Waals surface area contributed by atoms with Crippen LogP contribution < -0.4 is 0 Å². The largest absolute Gasteiger partial charge is 0.459 e. The van der Waals surface area contributed by atoms with E-state index in [1.807, 2.05) is 13.8 Å². The van der Waals surface area contributed by atoms with E-state index in [1.54, 1.807) is 0 Å². The second-order valence-electron chi connectivity index (χ2n) is 6.03. The molecule has 2 heteroatoms. The summed E-state index contributed by atoms with van der Waals surface area (Å²) in [6, 6.07) is 0. The van der Waals surface area contributed by atoms with Crippen LogP contribution in [0.15, 0.2) is 0 Å². The number of esters is 1. The maximum Gasteiger partial charge on any atom is 0.312 e. The topological polar surface area (TPSA) is 26.3 Å². The first kappa shape index (κ1) is 13.5. The molecule has 1 aliphatic carbocycles. The predicted octanol–water partition coefficient (Wildman–Crippen LogP) is 4.08. The highest BCUT2D eigenvalue weighted by Gasteiger charge is 2.36. The smallest absolute Gasteiger partial charge is 0.312 e. The van der Waals surface area contributed by atoms with Gasteiger partial charge in [0.15, 0.2) is 0 Å². The molecular formula is C14H26O2. The summed E-state index contributed by atoms with van der Waals surface area (Å²) >= 11 is 0. The third-order valence-corrected chi connectivity index (χ3v) is 3.68. The third-order valence-electron chi connectivity index (χ3n) is 3.68. The van der Waals surface area contributed by atoms with Gasteiger partial charge in [-0.1, -0.05) is 19.8 Å². The molecule has 2 nitrogen and oxygen atoms in total. The first-order valence-electron chi connectivity index (χ1n) is 6.63. The fourth-order valence-electron chi connectivity index (χ4n) is 2.49. The highest BCUT2D eigenvalue weighted by Crippen LogP contribution is 2.34. The van der Waals surface area contributed by atoms with Gasteiger partial charge in [-0.3, -0.25) is 4.79 Å². The minimum absolute atomic E-state index is 0.0150. The average Bonchev–Trinajstić information content (AvgIpc) is 2.17. The van der Waals surface area contributed by atoms with E-state index in [9.17, 15) is 4.79 Å². The van der Waals surface area contributed by atoms with Gasteiger partial charge < -0.3 is 4.74 Å². The summed E-state index contributed by atoms with van der Waals surface area (Å²) in [5.41, 5.74) is -0.518. The van der Waals surface area contributed by atoms with Crippen LogP contribution in [0.5, 0.6) is 0 Å². The Morgan fingerprint density at radius 2 is 1.81 bits per heavy atom. The van der Waals surface area contributed by atoms with Crippen LogP contribution in [0, 0.1) is 5.41 Å². The van der Waals surface area contributed by atoms with Crippen LogP contribution >= 0.6 is 0 Å². The van der Waals surface area contributed by atoms with Crippen LogP contribution in [0.2, 0.25) is 0 Å². The van der Waals surface area contributed by atoms with Crippen molar-refractivity contribution in [1.82, 2.24) is 0 Å². The second kappa shape index (κ2) is 5.20. The Morgan fingerprint density at radius 1 is 1.25 bits per heavy atom. The van der Waals surface area contributed by atoms with E-state index < -0.39 is 0 Å². The van der Waals surface area contributed by atoms with Gasteiger partial charge in [0.05, 0.1) is 5.41 Å². The Bertz CT molecular complexity index is 237. The fraction of sp³-hybridized carbons (Fsp3) is 0.929. The van der Waals surface area contributed by atoms with Gasteiger partial charge in [-0.2, -0.15) is 0 Å². The molecule has 0 heterocycles. The SMILES string of the molecule is CCCC(C)(C)C(=O)OC1(C)CCCCC1. The number of carbonyl (C=O) groups is 1. The van der Waals surface area contributed by atoms with Crippen molar-refractivity contribution in [1.29, 1.82) is 0 Å². The molecule has 0 radical (unpaired) electrons. The molecule has 1 rings (SSSR count). The Hall–Kier alpha value is -0.530. The monoisotopic (exact) mass is 226 g/mol. The third kappa shape index (κ3) is 3.50. The summed E-state index contributed by atoms with van der Waals surface area (Å²) < 4.78 is 5.76. The van der Waals surface area contributed by atoms with E-state index in [-0.39, 0.29) is 17.0 Å². The highest BCUT2D eigenvalue weighted by atomic mass is 16.6. The fourth-order valence-corrected chi connectivity index (χ4v) is 2.49. The van der Waals surface area contributed by atoms with Crippen LogP contribution in [0.3, 0.4) is 0 Å². The minimum Gasteiger partial charge on any atom is -0.459 e. The van der Waals surface area contributed by atoms with Gasteiger partial charge in [0.25, 0.3) is 0 Å². The molecule has 0 N–H and O–H groups in total. The predicted molar refractivity (Wildman–Crippen MR) is 66.3 cm³/mol. The molecule has 0 aromatic carbocycles. The van der Waals surface area contributed by atoms with E-state index in [1.165, 1.54) is 19.3 Å². The highest BCUT2D eigenvalue weighted by molar-refractivity contribution is 5.76. The zero-order valence-corrected chi connectivity index (χ0v) is 11.3. The number of hydrogen-bond donors (Lipinski definition) is 0. The molecule has 0 unspecified atom stereocenters. The van der Waals surface area contributed by atoms with Gasteiger partial charge in [-0.05, 0) is 52.9 Å². The van der Waals surface area contributed by atoms with Crippen molar-refractivity contribution in [3.05, 3.63) is 0 Å². The van der Waals surface area contributed by atoms with Crippen molar-refractivity contribution in [3.63, 3.8) is 0 Å². The van der Waals surface area contributed by atoms with Crippen LogP contribution in [0.1, 0.15) is 72.6 Å². The maximum absolute atomic E-state index is 12.1. The molecule has 94 valence electrons. The molecule has 0 spiro atoms. The normalized spacial score (nSPS) is 20.5. The van der Waals surface area contributed by atoms with E-state index in [2.05, 4.69) is 13.8 Å². The Morgan fingerprint density at radius 3 is 2.31 bits per heavy atom. The average molecular weight is 226 g/mol. The summed E-state index contributed by atoms with van der Waals surface area (Å²) in [6.45, 7) is 8.18. The van der Waals surface area contributed by atoms with Crippen molar-refractivity contribution >= 4 is 5.97 Å². The molecule has 0 aliphatic heterocycles. The van der Waals surface area contributed by atoms with Crippen LogP contribution in [-0.4, -0.2) is 11.6 Å². The van der Waals surface area contributed by atoms with Gasteiger partial charge in [-0.15, -0.1) is 0 Å². The van der Waals surface area contributed by atoms with E-state index in [0.717, 1.165) is 25.7 Å². The van der Waals surface area contributed by atoms with E-state index >= 15 is 0 Å². The van der Waals surface area contributed by atoms with Crippen molar-refractivity contribution in [3.8, 4) is 0 Å². The lowest BCUT2D eigenvalue weighted by atomic mass is 9.84. The molecule has 1 saturated carbocycles. The van der Waals surface area contributed by atoms with Crippen molar-refractivity contribution < 1.29 is 9.53 Å². The number of rotatable bonds is 4. The Balaban J connectivity index is 2.55.